The first kappa shape index (κ1) is 21.4. The molecule has 1 aliphatic heterocycles. The molecule has 0 atom stereocenters. The number of non-ortho nitro benzene ring substituents is 1. The minimum Gasteiger partial charge on any atom is -0.326 e. The Balaban J connectivity index is 1.94. The average molecular weight is 433 g/mol. The lowest BCUT2D eigenvalue weighted by Gasteiger charge is -2.13. The first-order valence-corrected chi connectivity index (χ1v) is 9.30. The van der Waals surface area contributed by atoms with E-state index in [1.54, 1.807) is 30.3 Å². The maximum atomic E-state index is 12.4. The molecule has 31 heavy (non-hydrogen) atoms. The van der Waals surface area contributed by atoms with Crippen molar-refractivity contribution in [3.05, 3.63) is 81.7 Å². The summed E-state index contributed by atoms with van der Waals surface area (Å²) in [5.74, 6) is -0.633. The summed E-state index contributed by atoms with van der Waals surface area (Å²) in [5.41, 5.74) is 2.00. The maximum Gasteiger partial charge on any atom is 0.274 e. The summed E-state index contributed by atoms with van der Waals surface area (Å²) in [6.07, 6.45) is 2.99. The molecule has 0 radical (unpaired) electrons. The van der Waals surface area contributed by atoms with Crippen LogP contribution in [-0.2, 0) is 9.59 Å². The van der Waals surface area contributed by atoms with Gasteiger partial charge in [-0.15, -0.1) is 0 Å². The van der Waals surface area contributed by atoms with Gasteiger partial charge in [0.2, 0.25) is 5.91 Å². The Morgan fingerprint density at radius 1 is 1.23 bits per heavy atom. The second-order valence-electron chi connectivity index (χ2n) is 6.42. The highest BCUT2D eigenvalue weighted by atomic mass is 32.1. The van der Waals surface area contributed by atoms with Crippen LogP contribution in [0.5, 0.6) is 0 Å². The molecule has 0 unspecified atom stereocenters. The second-order valence-corrected chi connectivity index (χ2v) is 6.81. The van der Waals surface area contributed by atoms with E-state index in [9.17, 15) is 25.0 Å². The molecular weight excluding hydrogens is 418 g/mol. The molecule has 1 fully saturated rings. The number of nitriles is 1. The quantitative estimate of drug-likeness (QED) is 0.244. The van der Waals surface area contributed by atoms with Crippen LogP contribution in [0.4, 0.5) is 11.4 Å². The zero-order valence-corrected chi connectivity index (χ0v) is 17.0. The van der Waals surface area contributed by atoms with E-state index in [4.69, 9.17) is 12.2 Å². The van der Waals surface area contributed by atoms with Crippen molar-refractivity contribution in [2.45, 2.75) is 6.92 Å². The number of rotatable bonds is 5. The van der Waals surface area contributed by atoms with Crippen LogP contribution in [0.1, 0.15) is 18.1 Å². The molecule has 0 spiro atoms. The smallest absolute Gasteiger partial charge is 0.274 e. The molecule has 3 rings (SSSR count). The number of amides is 2. The van der Waals surface area contributed by atoms with Crippen molar-refractivity contribution in [2.24, 2.45) is 0 Å². The van der Waals surface area contributed by atoms with Crippen molar-refractivity contribution in [1.82, 2.24) is 10.2 Å². The van der Waals surface area contributed by atoms with Gasteiger partial charge in [-0.25, -0.2) is 0 Å². The third kappa shape index (κ3) is 4.98. The van der Waals surface area contributed by atoms with E-state index in [1.165, 1.54) is 42.3 Å². The molecule has 2 aromatic carbocycles. The van der Waals surface area contributed by atoms with Crippen molar-refractivity contribution in [2.75, 3.05) is 5.32 Å². The van der Waals surface area contributed by atoms with Gasteiger partial charge in [0, 0.05) is 30.9 Å². The summed E-state index contributed by atoms with van der Waals surface area (Å²) < 4.78 is 0. The van der Waals surface area contributed by atoms with Crippen LogP contribution in [0.2, 0.25) is 0 Å². The van der Waals surface area contributed by atoms with Gasteiger partial charge in [0.15, 0.2) is 5.11 Å². The molecule has 10 heteroatoms. The first-order chi connectivity index (χ1) is 14.8. The molecular formula is C21H15N5O4S. The third-order valence-corrected chi connectivity index (χ3v) is 4.53. The number of nitro groups is 1. The summed E-state index contributed by atoms with van der Waals surface area (Å²) in [6, 6.07) is 14.3. The number of carbonyl (C=O) groups is 2. The van der Waals surface area contributed by atoms with E-state index in [2.05, 4.69) is 10.6 Å². The number of thiocarbonyl (C=S) groups is 1. The van der Waals surface area contributed by atoms with E-state index in [1.807, 2.05) is 6.07 Å². The summed E-state index contributed by atoms with van der Waals surface area (Å²) in [4.78, 5) is 35.2. The fraction of sp³-hybridized carbons (Fsp3) is 0.0476. The summed E-state index contributed by atoms with van der Waals surface area (Å²) in [7, 11) is 0. The Hall–Kier alpha value is -4.36. The summed E-state index contributed by atoms with van der Waals surface area (Å²) in [6.45, 7) is 1.40. The van der Waals surface area contributed by atoms with Crippen LogP contribution in [0.3, 0.4) is 0 Å². The van der Waals surface area contributed by atoms with Gasteiger partial charge in [0.1, 0.15) is 11.8 Å². The lowest BCUT2D eigenvalue weighted by molar-refractivity contribution is -0.384. The molecule has 0 saturated carbocycles. The monoisotopic (exact) mass is 433 g/mol. The number of allylic oxidation sites excluding steroid dienone is 1. The lowest BCUT2D eigenvalue weighted by atomic mass is 10.1. The standard InChI is InChI=1S/C21H15N5O4S/c1-13(27)23-17-6-2-14(3-7-17)10-19-20(28)24-21(31)25(19)12-16(11-22)15-4-8-18(9-5-15)26(29)30/h2-10,12H,1H3,(H,23,27)(H,24,28,31). The topological polar surface area (TPSA) is 128 Å². The summed E-state index contributed by atoms with van der Waals surface area (Å²) >= 11 is 5.21. The zero-order chi connectivity index (χ0) is 22.5. The molecule has 2 aromatic rings. The molecule has 1 saturated heterocycles. The molecule has 1 aliphatic rings. The third-order valence-electron chi connectivity index (χ3n) is 4.23. The second kappa shape index (κ2) is 8.98. The average Bonchev–Trinajstić information content (AvgIpc) is 2.99. The van der Waals surface area contributed by atoms with Gasteiger partial charge in [-0.3, -0.25) is 29.9 Å². The molecule has 2 N–H and O–H groups in total. The van der Waals surface area contributed by atoms with Gasteiger partial charge in [-0.2, -0.15) is 5.26 Å². The molecule has 1 heterocycles. The lowest BCUT2D eigenvalue weighted by Crippen LogP contribution is -2.23. The Labute approximate surface area is 182 Å². The normalized spacial score (nSPS) is 14.9. The number of nitrogens with one attached hydrogen (secondary N) is 2. The number of nitro benzene ring substituents is 1. The predicted octanol–water partition coefficient (Wildman–Crippen LogP) is 3.18. The van der Waals surface area contributed by atoms with Crippen LogP contribution in [0.25, 0.3) is 11.6 Å². The number of anilines is 1. The van der Waals surface area contributed by atoms with Crippen LogP contribution in [0.15, 0.2) is 60.4 Å². The largest absolute Gasteiger partial charge is 0.326 e. The molecule has 0 aromatic heterocycles. The Bertz CT molecular complexity index is 1180. The van der Waals surface area contributed by atoms with Crippen molar-refractivity contribution in [3.63, 3.8) is 0 Å². The van der Waals surface area contributed by atoms with Gasteiger partial charge >= 0.3 is 0 Å². The van der Waals surface area contributed by atoms with E-state index in [0.29, 0.717) is 16.8 Å². The molecule has 0 aliphatic carbocycles. The maximum absolute atomic E-state index is 12.4. The van der Waals surface area contributed by atoms with Crippen molar-refractivity contribution >= 4 is 52.2 Å². The molecule has 9 nitrogen and oxygen atoms in total. The van der Waals surface area contributed by atoms with Crippen molar-refractivity contribution in [3.8, 4) is 6.07 Å². The fourth-order valence-corrected chi connectivity index (χ4v) is 3.03. The van der Waals surface area contributed by atoms with Crippen LogP contribution >= 0.6 is 12.2 Å². The Kier molecular flexibility index (Phi) is 6.18. The number of nitrogens with zero attached hydrogens (tertiary/aromatic N) is 3. The predicted molar refractivity (Wildman–Crippen MR) is 118 cm³/mol. The summed E-state index contributed by atoms with van der Waals surface area (Å²) in [5, 5.41) is 25.7. The zero-order valence-electron chi connectivity index (χ0n) is 16.2. The van der Waals surface area contributed by atoms with Crippen LogP contribution in [0, 0.1) is 21.4 Å². The number of benzene rings is 2. The Morgan fingerprint density at radius 3 is 2.42 bits per heavy atom. The van der Waals surface area contributed by atoms with Crippen LogP contribution in [-0.4, -0.2) is 26.8 Å². The van der Waals surface area contributed by atoms with E-state index < -0.39 is 10.8 Å². The molecule has 0 bridgehead atoms. The molecule has 154 valence electrons. The highest BCUT2D eigenvalue weighted by molar-refractivity contribution is 7.80. The minimum atomic E-state index is -0.532. The SMILES string of the molecule is CC(=O)Nc1ccc(C=C2C(=O)NC(=S)N2C=C(C#N)c2ccc([N+](=O)[O-])cc2)cc1. The van der Waals surface area contributed by atoms with Gasteiger partial charge in [-0.1, -0.05) is 12.1 Å². The number of hydrogen-bond donors (Lipinski definition) is 2. The van der Waals surface area contributed by atoms with Gasteiger partial charge in [-0.05, 0) is 53.7 Å². The van der Waals surface area contributed by atoms with Gasteiger partial charge < -0.3 is 5.32 Å². The van der Waals surface area contributed by atoms with E-state index in [0.717, 1.165) is 0 Å². The highest BCUT2D eigenvalue weighted by Gasteiger charge is 2.29. The van der Waals surface area contributed by atoms with Gasteiger partial charge in [0.05, 0.1) is 10.5 Å². The van der Waals surface area contributed by atoms with Crippen molar-refractivity contribution in [1.29, 1.82) is 5.26 Å². The van der Waals surface area contributed by atoms with Gasteiger partial charge in [0.25, 0.3) is 11.6 Å². The number of carbonyl (C=O) groups excluding carboxylic acids is 2. The minimum absolute atomic E-state index is 0.0979. The van der Waals surface area contributed by atoms with Crippen molar-refractivity contribution < 1.29 is 14.5 Å². The van der Waals surface area contributed by atoms with Crippen LogP contribution < -0.4 is 10.6 Å². The Morgan fingerprint density at radius 2 is 1.87 bits per heavy atom. The highest BCUT2D eigenvalue weighted by Crippen LogP contribution is 2.24. The first-order valence-electron chi connectivity index (χ1n) is 8.89. The number of hydrogen-bond acceptors (Lipinski definition) is 6. The van der Waals surface area contributed by atoms with E-state index in [-0.39, 0.29) is 28.0 Å². The van der Waals surface area contributed by atoms with E-state index >= 15 is 0 Å². The fourth-order valence-electron chi connectivity index (χ4n) is 2.79. The molecule has 2 amide bonds.